The van der Waals surface area contributed by atoms with Crippen molar-refractivity contribution in [2.75, 3.05) is 28.7 Å². The van der Waals surface area contributed by atoms with Gasteiger partial charge in [0.2, 0.25) is 5.91 Å². The molecule has 1 aromatic heterocycles. The van der Waals surface area contributed by atoms with E-state index in [0.29, 0.717) is 27.8 Å². The number of thiazole rings is 1. The van der Waals surface area contributed by atoms with Crippen molar-refractivity contribution in [3.8, 4) is 0 Å². The molecule has 3 aromatic rings. The average molecular weight is 574 g/mol. The number of likely N-dealkylation sites (tertiary alicyclic amines) is 1. The van der Waals surface area contributed by atoms with E-state index >= 15 is 0 Å². The monoisotopic (exact) mass is 573 g/mol. The highest BCUT2D eigenvalue weighted by Gasteiger charge is 2.31. The minimum absolute atomic E-state index is 0.0602. The number of nitrogens with two attached hydrogens (primary N) is 2. The number of carbonyl (C=O) groups is 2. The number of aromatic nitrogens is 1. The summed E-state index contributed by atoms with van der Waals surface area (Å²) >= 11 is 1.17. The van der Waals surface area contributed by atoms with Crippen LogP contribution < -0.4 is 27.2 Å². The van der Waals surface area contributed by atoms with Crippen molar-refractivity contribution < 1.29 is 22.8 Å². The first-order valence-electron chi connectivity index (χ1n) is 12.5. The molecule has 2 heterocycles. The van der Waals surface area contributed by atoms with E-state index in [1.54, 1.807) is 25.1 Å². The number of hydrogen-bond acceptors (Lipinski definition) is 8. The second-order valence-electron chi connectivity index (χ2n) is 9.56. The Morgan fingerprint density at radius 2 is 1.88 bits per heavy atom. The summed E-state index contributed by atoms with van der Waals surface area (Å²) in [6.45, 7) is 5.20. The standard InChI is InChI=1S/C27H30F3N7O2S/c1-16-5-6-19(11-23(16)37(32)15-22(31)24-13-33-26(40-24)34-17(2)38)25(39)35-21-10-18(14-36-7-3-4-8-36)9-20(12-21)27(28,29)30/h5-6,9-13,15H,3-4,7-8,14,31-32H2,1-2H3,(H,35,39)(H,33,34,38)/b22-15-. The molecule has 40 heavy (non-hydrogen) atoms. The number of carbonyl (C=O) groups excluding carboxylic acids is 2. The summed E-state index contributed by atoms with van der Waals surface area (Å²) in [6, 6.07) is 8.41. The first-order valence-corrected chi connectivity index (χ1v) is 13.3. The van der Waals surface area contributed by atoms with Crippen molar-refractivity contribution in [3.05, 3.63) is 75.9 Å². The topological polar surface area (TPSA) is 130 Å². The molecule has 0 bridgehead atoms. The third-order valence-electron chi connectivity index (χ3n) is 6.28. The molecule has 1 saturated heterocycles. The fraction of sp³-hybridized carbons (Fsp3) is 0.296. The zero-order chi connectivity index (χ0) is 29.0. The van der Waals surface area contributed by atoms with Crippen molar-refractivity contribution in [1.29, 1.82) is 0 Å². The lowest BCUT2D eigenvalue weighted by Gasteiger charge is -2.19. The van der Waals surface area contributed by atoms with Crippen LogP contribution in [-0.4, -0.2) is 34.8 Å². The van der Waals surface area contributed by atoms with E-state index in [1.165, 1.54) is 41.7 Å². The zero-order valence-electron chi connectivity index (χ0n) is 22.0. The molecule has 0 aliphatic carbocycles. The number of rotatable bonds is 8. The van der Waals surface area contributed by atoms with Crippen LogP contribution in [0.1, 0.15) is 51.7 Å². The number of alkyl halides is 3. The normalized spacial score (nSPS) is 14.3. The smallest absolute Gasteiger partial charge is 0.396 e. The molecule has 4 rings (SSSR count). The van der Waals surface area contributed by atoms with Gasteiger partial charge in [-0.25, -0.2) is 10.8 Å². The number of amides is 2. The van der Waals surface area contributed by atoms with Crippen LogP contribution in [0.2, 0.25) is 0 Å². The molecule has 1 fully saturated rings. The Balaban J connectivity index is 1.54. The molecule has 0 radical (unpaired) electrons. The molecule has 212 valence electrons. The fourth-order valence-corrected chi connectivity index (χ4v) is 5.13. The largest absolute Gasteiger partial charge is 0.416 e. The number of aryl methyl sites for hydroxylation is 1. The molecule has 13 heteroatoms. The zero-order valence-corrected chi connectivity index (χ0v) is 22.8. The second-order valence-corrected chi connectivity index (χ2v) is 10.6. The van der Waals surface area contributed by atoms with Crippen molar-refractivity contribution >= 4 is 45.4 Å². The Morgan fingerprint density at radius 1 is 1.15 bits per heavy atom. The van der Waals surface area contributed by atoms with E-state index in [1.807, 2.05) is 0 Å². The first kappa shape index (κ1) is 29.1. The maximum absolute atomic E-state index is 13.6. The first-order chi connectivity index (χ1) is 18.9. The van der Waals surface area contributed by atoms with Gasteiger partial charge >= 0.3 is 6.18 Å². The van der Waals surface area contributed by atoms with Crippen LogP contribution in [0.25, 0.3) is 5.70 Å². The van der Waals surface area contributed by atoms with Gasteiger partial charge in [0.15, 0.2) is 5.13 Å². The number of hydrogen-bond donors (Lipinski definition) is 4. The SMILES string of the molecule is CC(=O)Nc1ncc(/C(N)=C/N(N)c2cc(C(=O)Nc3cc(CN4CCCC4)cc(C(F)(F)F)c3)ccc2C)s1. The average Bonchev–Trinajstić information content (AvgIpc) is 3.55. The number of hydrazine groups is 1. The van der Waals surface area contributed by atoms with Gasteiger partial charge in [-0.05, 0) is 74.3 Å². The number of halogens is 3. The second kappa shape index (κ2) is 12.1. The Bertz CT molecular complexity index is 1430. The molecule has 2 aromatic carbocycles. The molecular weight excluding hydrogens is 543 g/mol. The van der Waals surface area contributed by atoms with Crippen LogP contribution in [0.15, 0.2) is 48.8 Å². The predicted octanol–water partition coefficient (Wildman–Crippen LogP) is 4.91. The quantitative estimate of drug-likeness (QED) is 0.223. The summed E-state index contributed by atoms with van der Waals surface area (Å²) in [5.41, 5.74) is 7.57. The Labute approximate surface area is 233 Å². The fourth-order valence-electron chi connectivity index (χ4n) is 4.35. The molecule has 2 amide bonds. The van der Waals surface area contributed by atoms with E-state index in [2.05, 4.69) is 20.5 Å². The highest BCUT2D eigenvalue weighted by Crippen LogP contribution is 2.33. The summed E-state index contributed by atoms with van der Waals surface area (Å²) in [5.74, 6) is 5.39. The minimum atomic E-state index is -4.55. The van der Waals surface area contributed by atoms with Crippen LogP contribution in [0.3, 0.4) is 0 Å². The molecule has 9 nitrogen and oxygen atoms in total. The van der Waals surface area contributed by atoms with E-state index in [0.717, 1.165) is 43.6 Å². The van der Waals surface area contributed by atoms with E-state index in [4.69, 9.17) is 11.6 Å². The van der Waals surface area contributed by atoms with Crippen molar-refractivity contribution in [2.24, 2.45) is 11.6 Å². The summed E-state index contributed by atoms with van der Waals surface area (Å²) < 4.78 is 40.8. The predicted molar refractivity (Wildman–Crippen MR) is 150 cm³/mol. The lowest BCUT2D eigenvalue weighted by atomic mass is 10.1. The van der Waals surface area contributed by atoms with Crippen LogP contribution in [-0.2, 0) is 17.5 Å². The van der Waals surface area contributed by atoms with Gasteiger partial charge in [-0.15, -0.1) is 0 Å². The Morgan fingerprint density at radius 3 is 2.55 bits per heavy atom. The van der Waals surface area contributed by atoms with Gasteiger partial charge in [0.25, 0.3) is 5.91 Å². The molecule has 0 spiro atoms. The van der Waals surface area contributed by atoms with Crippen molar-refractivity contribution in [2.45, 2.75) is 39.4 Å². The molecule has 0 unspecified atom stereocenters. The molecule has 6 N–H and O–H groups in total. The van der Waals surface area contributed by atoms with Crippen LogP contribution in [0.4, 0.5) is 29.7 Å². The van der Waals surface area contributed by atoms with Gasteiger partial charge in [-0.3, -0.25) is 19.5 Å². The van der Waals surface area contributed by atoms with Gasteiger partial charge in [0.05, 0.1) is 21.8 Å². The molecule has 1 aliphatic rings. The van der Waals surface area contributed by atoms with E-state index < -0.39 is 17.6 Å². The Hall–Kier alpha value is -3.94. The number of benzene rings is 2. The Kier molecular flexibility index (Phi) is 8.76. The highest BCUT2D eigenvalue weighted by molar-refractivity contribution is 7.16. The van der Waals surface area contributed by atoms with Gasteiger partial charge in [-0.2, -0.15) is 13.2 Å². The summed E-state index contributed by atoms with van der Waals surface area (Å²) in [6.07, 6.45) is 0.427. The van der Waals surface area contributed by atoms with Crippen molar-refractivity contribution in [1.82, 2.24) is 9.88 Å². The van der Waals surface area contributed by atoms with Gasteiger partial charge < -0.3 is 16.4 Å². The maximum Gasteiger partial charge on any atom is 0.416 e. The number of nitrogens with one attached hydrogen (secondary N) is 2. The highest BCUT2D eigenvalue weighted by atomic mass is 32.1. The van der Waals surface area contributed by atoms with E-state index in [-0.39, 0.29) is 22.9 Å². The lowest BCUT2D eigenvalue weighted by Crippen LogP contribution is -2.27. The van der Waals surface area contributed by atoms with Crippen molar-refractivity contribution in [3.63, 3.8) is 0 Å². The summed E-state index contributed by atoms with van der Waals surface area (Å²) in [7, 11) is 0. The molecule has 1 aliphatic heterocycles. The summed E-state index contributed by atoms with van der Waals surface area (Å²) in [4.78, 5) is 31.1. The van der Waals surface area contributed by atoms with Gasteiger partial charge in [-0.1, -0.05) is 17.4 Å². The van der Waals surface area contributed by atoms with Crippen LogP contribution in [0.5, 0.6) is 0 Å². The third-order valence-corrected chi connectivity index (χ3v) is 7.25. The molecular formula is C27H30F3N7O2S. The van der Waals surface area contributed by atoms with Crippen LogP contribution in [0, 0.1) is 6.92 Å². The van der Waals surface area contributed by atoms with E-state index in [9.17, 15) is 22.8 Å². The van der Waals surface area contributed by atoms with Gasteiger partial charge in [0.1, 0.15) is 0 Å². The summed E-state index contributed by atoms with van der Waals surface area (Å²) in [5, 5.41) is 6.82. The van der Waals surface area contributed by atoms with Crippen LogP contribution >= 0.6 is 11.3 Å². The lowest BCUT2D eigenvalue weighted by molar-refractivity contribution is -0.137. The molecule has 0 atom stereocenters. The molecule has 0 saturated carbocycles. The number of anilines is 3. The third kappa shape index (κ3) is 7.37. The number of nitrogens with zero attached hydrogens (tertiary/aromatic N) is 3. The maximum atomic E-state index is 13.6. The van der Waals surface area contributed by atoms with Gasteiger partial charge in [0, 0.05) is 37.1 Å². The minimum Gasteiger partial charge on any atom is -0.396 e.